The quantitative estimate of drug-likeness (QED) is 0.898. The van der Waals surface area contributed by atoms with Crippen LogP contribution in [0.1, 0.15) is 30.9 Å². The number of hydrogen-bond acceptors (Lipinski definition) is 3. The Morgan fingerprint density at radius 1 is 1.42 bits per heavy atom. The fraction of sp³-hybridized carbons (Fsp3) is 0.600. The van der Waals surface area contributed by atoms with Crippen molar-refractivity contribution in [2.24, 2.45) is 5.92 Å². The van der Waals surface area contributed by atoms with Crippen molar-refractivity contribution in [3.8, 4) is 5.75 Å². The van der Waals surface area contributed by atoms with Gasteiger partial charge in [0.2, 0.25) is 0 Å². The Kier molecular flexibility index (Phi) is 5.49. The first kappa shape index (κ1) is 14.6. The minimum absolute atomic E-state index is 0.275. The van der Waals surface area contributed by atoms with Gasteiger partial charge in [0.1, 0.15) is 5.75 Å². The second kappa shape index (κ2) is 7.13. The van der Waals surface area contributed by atoms with E-state index < -0.39 is 0 Å². The van der Waals surface area contributed by atoms with Crippen molar-refractivity contribution in [3.63, 3.8) is 0 Å². The fourth-order valence-electron chi connectivity index (χ4n) is 2.69. The molecule has 1 aliphatic heterocycles. The summed E-state index contributed by atoms with van der Waals surface area (Å²) in [4.78, 5) is 0. The number of halogens is 1. The average molecular weight is 284 g/mol. The summed E-state index contributed by atoms with van der Waals surface area (Å²) in [5, 5.41) is 4.14. The van der Waals surface area contributed by atoms with Gasteiger partial charge in [0, 0.05) is 29.8 Å². The Bertz CT molecular complexity index is 405. The molecule has 0 bridgehead atoms. The van der Waals surface area contributed by atoms with Crippen LogP contribution in [-0.4, -0.2) is 27.4 Å². The number of nitrogens with one attached hydrogen (secondary N) is 1. The maximum atomic E-state index is 6.11. The maximum absolute atomic E-state index is 6.11. The zero-order chi connectivity index (χ0) is 13.7. The van der Waals surface area contributed by atoms with Gasteiger partial charge in [-0.25, -0.2) is 0 Å². The molecule has 2 rings (SSSR count). The number of ether oxygens (including phenoxy) is 2. The summed E-state index contributed by atoms with van der Waals surface area (Å²) in [6.45, 7) is 1.77. The lowest BCUT2D eigenvalue weighted by atomic mass is 9.89. The largest absolute Gasteiger partial charge is 0.496 e. The van der Waals surface area contributed by atoms with Crippen molar-refractivity contribution in [3.05, 3.63) is 28.8 Å². The van der Waals surface area contributed by atoms with Crippen LogP contribution in [0, 0.1) is 5.92 Å². The Balaban J connectivity index is 2.13. The minimum Gasteiger partial charge on any atom is -0.496 e. The monoisotopic (exact) mass is 283 g/mol. The molecule has 1 saturated heterocycles. The third-order valence-corrected chi connectivity index (χ3v) is 4.06. The predicted octanol–water partition coefficient (Wildman–Crippen LogP) is 3.43. The third-order valence-electron chi connectivity index (χ3n) is 3.83. The Labute approximate surface area is 120 Å². The molecule has 0 radical (unpaired) electrons. The molecule has 0 amide bonds. The van der Waals surface area contributed by atoms with E-state index in [0.717, 1.165) is 48.8 Å². The summed E-state index contributed by atoms with van der Waals surface area (Å²) in [6, 6.07) is 6.08. The second-order valence-electron chi connectivity index (χ2n) is 5.02. The van der Waals surface area contributed by atoms with E-state index in [1.54, 1.807) is 7.11 Å². The van der Waals surface area contributed by atoms with Crippen LogP contribution in [0.2, 0.25) is 5.02 Å². The average Bonchev–Trinajstić information content (AvgIpc) is 2.46. The molecule has 1 heterocycles. The first-order valence-electron chi connectivity index (χ1n) is 6.83. The van der Waals surface area contributed by atoms with Crippen molar-refractivity contribution < 1.29 is 9.47 Å². The van der Waals surface area contributed by atoms with Crippen LogP contribution in [0.3, 0.4) is 0 Å². The molecule has 19 heavy (non-hydrogen) atoms. The number of methoxy groups -OCH3 is 1. The Morgan fingerprint density at radius 3 is 2.79 bits per heavy atom. The molecule has 1 aliphatic rings. The molecular formula is C15H22ClNO2. The summed E-state index contributed by atoms with van der Waals surface area (Å²) >= 11 is 6.11. The Hall–Kier alpha value is -0.770. The number of benzene rings is 1. The SMILES string of the molecule is CNC(CC1CCOCC1)c1cc(Cl)ccc1OC. The Morgan fingerprint density at radius 2 is 2.16 bits per heavy atom. The molecule has 0 spiro atoms. The van der Waals surface area contributed by atoms with Crippen LogP contribution in [0.5, 0.6) is 5.75 Å². The lowest BCUT2D eigenvalue weighted by Gasteiger charge is -2.27. The molecule has 1 N–H and O–H groups in total. The lowest BCUT2D eigenvalue weighted by molar-refractivity contribution is 0.0607. The highest BCUT2D eigenvalue weighted by Gasteiger charge is 2.21. The van der Waals surface area contributed by atoms with E-state index in [1.165, 1.54) is 0 Å². The highest BCUT2D eigenvalue weighted by atomic mass is 35.5. The summed E-state index contributed by atoms with van der Waals surface area (Å²) < 4.78 is 10.9. The molecule has 1 unspecified atom stereocenters. The molecule has 3 nitrogen and oxygen atoms in total. The van der Waals surface area contributed by atoms with Crippen molar-refractivity contribution in [1.29, 1.82) is 0 Å². The number of rotatable bonds is 5. The van der Waals surface area contributed by atoms with Crippen LogP contribution in [-0.2, 0) is 4.74 Å². The molecule has 4 heteroatoms. The van der Waals surface area contributed by atoms with Gasteiger partial charge >= 0.3 is 0 Å². The van der Waals surface area contributed by atoms with Crippen molar-refractivity contribution >= 4 is 11.6 Å². The van der Waals surface area contributed by atoms with Gasteiger partial charge in [-0.1, -0.05) is 11.6 Å². The van der Waals surface area contributed by atoms with Gasteiger partial charge in [-0.15, -0.1) is 0 Å². The van der Waals surface area contributed by atoms with Crippen LogP contribution in [0.15, 0.2) is 18.2 Å². The summed E-state index contributed by atoms with van der Waals surface area (Å²) in [5.41, 5.74) is 1.14. The van der Waals surface area contributed by atoms with Crippen LogP contribution in [0.25, 0.3) is 0 Å². The van der Waals surface area contributed by atoms with E-state index in [-0.39, 0.29) is 6.04 Å². The van der Waals surface area contributed by atoms with Gasteiger partial charge in [0.25, 0.3) is 0 Å². The van der Waals surface area contributed by atoms with E-state index in [4.69, 9.17) is 21.1 Å². The fourth-order valence-corrected chi connectivity index (χ4v) is 2.87. The highest BCUT2D eigenvalue weighted by molar-refractivity contribution is 6.30. The molecule has 1 aromatic rings. The van der Waals surface area contributed by atoms with E-state index in [2.05, 4.69) is 5.32 Å². The second-order valence-corrected chi connectivity index (χ2v) is 5.46. The zero-order valence-corrected chi connectivity index (χ0v) is 12.4. The lowest BCUT2D eigenvalue weighted by Crippen LogP contribution is -2.24. The normalized spacial score (nSPS) is 18.3. The van der Waals surface area contributed by atoms with Crippen LogP contribution in [0.4, 0.5) is 0 Å². The maximum Gasteiger partial charge on any atom is 0.123 e. The molecule has 106 valence electrons. The van der Waals surface area contributed by atoms with Crippen molar-refractivity contribution in [1.82, 2.24) is 5.32 Å². The minimum atomic E-state index is 0.275. The van der Waals surface area contributed by atoms with Gasteiger partial charge in [0.15, 0.2) is 0 Å². The number of hydrogen-bond donors (Lipinski definition) is 1. The highest BCUT2D eigenvalue weighted by Crippen LogP contribution is 2.33. The first-order chi connectivity index (χ1) is 9.24. The van der Waals surface area contributed by atoms with E-state index in [0.29, 0.717) is 5.92 Å². The summed E-state index contributed by atoms with van der Waals surface area (Å²) in [5.74, 6) is 1.60. The zero-order valence-electron chi connectivity index (χ0n) is 11.6. The summed E-state index contributed by atoms with van der Waals surface area (Å²) in [6.07, 6.45) is 3.37. The predicted molar refractivity (Wildman–Crippen MR) is 78.0 cm³/mol. The third kappa shape index (κ3) is 3.85. The first-order valence-corrected chi connectivity index (χ1v) is 7.21. The molecule has 1 atom stereocenters. The standard InChI is InChI=1S/C15H22ClNO2/c1-17-14(9-11-5-7-19-8-6-11)13-10-12(16)3-4-15(13)18-2/h3-4,10-11,14,17H,5-9H2,1-2H3. The van der Waals surface area contributed by atoms with Gasteiger partial charge in [-0.3, -0.25) is 0 Å². The smallest absolute Gasteiger partial charge is 0.123 e. The van der Waals surface area contributed by atoms with Crippen LogP contribution < -0.4 is 10.1 Å². The molecular weight excluding hydrogens is 262 g/mol. The molecule has 1 fully saturated rings. The van der Waals surface area contributed by atoms with E-state index in [1.807, 2.05) is 25.2 Å². The van der Waals surface area contributed by atoms with Crippen molar-refractivity contribution in [2.75, 3.05) is 27.4 Å². The molecule has 0 saturated carbocycles. The van der Waals surface area contributed by atoms with Gasteiger partial charge < -0.3 is 14.8 Å². The van der Waals surface area contributed by atoms with E-state index >= 15 is 0 Å². The molecule has 0 aliphatic carbocycles. The van der Waals surface area contributed by atoms with Gasteiger partial charge in [0.05, 0.1) is 7.11 Å². The van der Waals surface area contributed by atoms with Crippen LogP contribution >= 0.6 is 11.6 Å². The van der Waals surface area contributed by atoms with Crippen molar-refractivity contribution in [2.45, 2.75) is 25.3 Å². The van der Waals surface area contributed by atoms with Gasteiger partial charge in [-0.05, 0) is 50.4 Å². The van der Waals surface area contributed by atoms with Gasteiger partial charge in [-0.2, -0.15) is 0 Å². The molecule has 1 aromatic carbocycles. The van der Waals surface area contributed by atoms with E-state index in [9.17, 15) is 0 Å². The molecule has 0 aromatic heterocycles. The topological polar surface area (TPSA) is 30.5 Å². The summed E-state index contributed by atoms with van der Waals surface area (Å²) in [7, 11) is 3.69.